The summed E-state index contributed by atoms with van der Waals surface area (Å²) in [7, 11) is 0. The van der Waals surface area contributed by atoms with Gasteiger partial charge in [-0.2, -0.15) is 5.26 Å². The molecule has 0 spiro atoms. The van der Waals surface area contributed by atoms with Gasteiger partial charge in [0.25, 0.3) is 0 Å². The van der Waals surface area contributed by atoms with E-state index < -0.39 is 5.97 Å². The largest absolute Gasteiger partial charge is 0.462 e. The zero-order valence-electron chi connectivity index (χ0n) is 9.53. The molecule has 4 heteroatoms. The standard InChI is InChI=1S/C12H13NO2S/c1-4-15-12(14)10(7-13)9(3)11-6-5-8(2)16-11/h5-6H,4H2,1-3H3/b10-9+. The van der Waals surface area contributed by atoms with Crippen LogP contribution >= 0.6 is 11.3 Å². The van der Waals surface area contributed by atoms with Crippen molar-refractivity contribution in [3.05, 3.63) is 27.5 Å². The van der Waals surface area contributed by atoms with E-state index >= 15 is 0 Å². The number of carbonyl (C=O) groups excluding carboxylic acids is 1. The average molecular weight is 235 g/mol. The van der Waals surface area contributed by atoms with Gasteiger partial charge in [0, 0.05) is 9.75 Å². The smallest absolute Gasteiger partial charge is 0.349 e. The molecular weight excluding hydrogens is 222 g/mol. The first-order valence-electron chi connectivity index (χ1n) is 4.95. The summed E-state index contributed by atoms with van der Waals surface area (Å²) in [5, 5.41) is 8.96. The lowest BCUT2D eigenvalue weighted by Crippen LogP contribution is -2.07. The minimum atomic E-state index is -0.548. The molecule has 0 unspecified atom stereocenters. The maximum Gasteiger partial charge on any atom is 0.349 e. The summed E-state index contributed by atoms with van der Waals surface area (Å²) in [4.78, 5) is 13.6. The van der Waals surface area contributed by atoms with Crippen molar-refractivity contribution in [2.24, 2.45) is 0 Å². The number of ether oxygens (including phenoxy) is 1. The highest BCUT2D eigenvalue weighted by Gasteiger charge is 2.15. The lowest BCUT2D eigenvalue weighted by atomic mass is 10.1. The second-order valence-electron chi connectivity index (χ2n) is 3.24. The van der Waals surface area contributed by atoms with Crippen LogP contribution in [0.1, 0.15) is 23.6 Å². The number of carbonyl (C=O) groups is 1. The molecule has 1 aromatic rings. The number of hydrogen-bond donors (Lipinski definition) is 0. The topological polar surface area (TPSA) is 50.1 Å². The Labute approximate surface area is 99.0 Å². The molecule has 0 amide bonds. The Morgan fingerprint density at radius 1 is 1.56 bits per heavy atom. The van der Waals surface area contributed by atoms with E-state index in [2.05, 4.69) is 0 Å². The predicted molar refractivity (Wildman–Crippen MR) is 63.9 cm³/mol. The molecule has 1 aromatic heterocycles. The van der Waals surface area contributed by atoms with Crippen LogP contribution in [0.3, 0.4) is 0 Å². The quantitative estimate of drug-likeness (QED) is 0.460. The van der Waals surface area contributed by atoms with Gasteiger partial charge in [-0.05, 0) is 38.5 Å². The number of hydrogen-bond acceptors (Lipinski definition) is 4. The normalized spacial score (nSPS) is 11.6. The number of rotatable bonds is 3. The van der Waals surface area contributed by atoms with Gasteiger partial charge >= 0.3 is 5.97 Å². The van der Waals surface area contributed by atoms with Crippen molar-refractivity contribution in [1.82, 2.24) is 0 Å². The van der Waals surface area contributed by atoms with Crippen molar-refractivity contribution >= 4 is 22.9 Å². The van der Waals surface area contributed by atoms with E-state index in [0.29, 0.717) is 5.57 Å². The van der Waals surface area contributed by atoms with Gasteiger partial charge in [0.2, 0.25) is 0 Å². The van der Waals surface area contributed by atoms with E-state index in [-0.39, 0.29) is 12.2 Å². The van der Waals surface area contributed by atoms with E-state index in [1.165, 1.54) is 0 Å². The fourth-order valence-corrected chi connectivity index (χ4v) is 2.12. The van der Waals surface area contributed by atoms with Crippen LogP contribution in [0.15, 0.2) is 17.7 Å². The molecule has 0 fully saturated rings. The second kappa shape index (κ2) is 5.47. The summed E-state index contributed by atoms with van der Waals surface area (Å²) in [5.41, 5.74) is 0.766. The lowest BCUT2D eigenvalue weighted by molar-refractivity contribution is -0.137. The first kappa shape index (κ1) is 12.5. The van der Waals surface area contributed by atoms with E-state index in [9.17, 15) is 4.79 Å². The van der Waals surface area contributed by atoms with Gasteiger partial charge in [-0.1, -0.05) is 0 Å². The first-order valence-corrected chi connectivity index (χ1v) is 5.76. The molecule has 0 aliphatic rings. The summed E-state index contributed by atoms with van der Waals surface area (Å²) >= 11 is 1.56. The Kier molecular flexibility index (Phi) is 4.27. The molecule has 0 bridgehead atoms. The number of nitriles is 1. The van der Waals surface area contributed by atoms with Gasteiger partial charge in [-0.25, -0.2) is 4.79 Å². The van der Waals surface area contributed by atoms with E-state index in [1.807, 2.05) is 25.1 Å². The molecule has 0 N–H and O–H groups in total. The van der Waals surface area contributed by atoms with Crippen LogP contribution in [0.5, 0.6) is 0 Å². The lowest BCUT2D eigenvalue weighted by Gasteiger charge is -2.03. The third-order valence-electron chi connectivity index (χ3n) is 2.08. The molecule has 0 radical (unpaired) electrons. The van der Waals surface area contributed by atoms with Crippen LogP contribution in [-0.2, 0) is 9.53 Å². The molecule has 3 nitrogen and oxygen atoms in total. The second-order valence-corrected chi connectivity index (χ2v) is 4.53. The zero-order valence-corrected chi connectivity index (χ0v) is 10.4. The van der Waals surface area contributed by atoms with Crippen LogP contribution in [0.4, 0.5) is 0 Å². The predicted octanol–water partition coefficient (Wildman–Crippen LogP) is 2.92. The number of nitrogens with zero attached hydrogens (tertiary/aromatic N) is 1. The summed E-state index contributed by atoms with van der Waals surface area (Å²) < 4.78 is 4.83. The molecule has 0 saturated heterocycles. The van der Waals surface area contributed by atoms with E-state index in [0.717, 1.165) is 9.75 Å². The molecular formula is C12H13NO2S. The first-order chi connectivity index (χ1) is 7.60. The number of esters is 1. The fourth-order valence-electron chi connectivity index (χ4n) is 1.25. The Bertz CT molecular complexity index is 466. The highest BCUT2D eigenvalue weighted by atomic mass is 32.1. The third-order valence-corrected chi connectivity index (χ3v) is 3.20. The molecule has 0 aliphatic carbocycles. The fraction of sp³-hybridized carbons (Fsp3) is 0.333. The Hall–Kier alpha value is -1.60. The molecule has 84 valence electrons. The van der Waals surface area contributed by atoms with Crippen molar-refractivity contribution < 1.29 is 9.53 Å². The van der Waals surface area contributed by atoms with Gasteiger partial charge in [0.15, 0.2) is 0 Å². The highest BCUT2D eigenvalue weighted by molar-refractivity contribution is 7.13. The third kappa shape index (κ3) is 2.71. The van der Waals surface area contributed by atoms with Crippen LogP contribution in [0.25, 0.3) is 5.57 Å². The van der Waals surface area contributed by atoms with Crippen LogP contribution in [0.2, 0.25) is 0 Å². The minimum absolute atomic E-state index is 0.0868. The van der Waals surface area contributed by atoms with Crippen molar-refractivity contribution in [3.63, 3.8) is 0 Å². The van der Waals surface area contributed by atoms with Gasteiger partial charge < -0.3 is 4.74 Å². The maximum atomic E-state index is 11.5. The van der Waals surface area contributed by atoms with Crippen LogP contribution < -0.4 is 0 Å². The molecule has 0 aliphatic heterocycles. The summed E-state index contributed by atoms with van der Waals surface area (Å²) in [5.74, 6) is -0.548. The van der Waals surface area contributed by atoms with Crippen LogP contribution in [0, 0.1) is 18.3 Å². The van der Waals surface area contributed by atoms with Crippen LogP contribution in [-0.4, -0.2) is 12.6 Å². The Morgan fingerprint density at radius 2 is 2.25 bits per heavy atom. The maximum absolute atomic E-state index is 11.5. The monoisotopic (exact) mass is 235 g/mol. The van der Waals surface area contributed by atoms with Crippen molar-refractivity contribution in [1.29, 1.82) is 5.26 Å². The molecule has 1 rings (SSSR count). The minimum Gasteiger partial charge on any atom is -0.462 e. The molecule has 16 heavy (non-hydrogen) atoms. The summed E-state index contributed by atoms with van der Waals surface area (Å²) in [6.07, 6.45) is 0. The van der Waals surface area contributed by atoms with E-state index in [4.69, 9.17) is 10.00 Å². The van der Waals surface area contributed by atoms with Gasteiger partial charge in [-0.3, -0.25) is 0 Å². The number of thiophene rings is 1. The number of aryl methyl sites for hydroxylation is 1. The highest BCUT2D eigenvalue weighted by Crippen LogP contribution is 2.26. The average Bonchev–Trinajstić information content (AvgIpc) is 2.66. The Morgan fingerprint density at radius 3 is 2.69 bits per heavy atom. The van der Waals surface area contributed by atoms with Crippen molar-refractivity contribution in [2.45, 2.75) is 20.8 Å². The molecule has 1 heterocycles. The Balaban J connectivity index is 3.10. The van der Waals surface area contributed by atoms with Crippen molar-refractivity contribution in [3.8, 4) is 6.07 Å². The van der Waals surface area contributed by atoms with Crippen molar-refractivity contribution in [2.75, 3.05) is 6.61 Å². The SMILES string of the molecule is CCOC(=O)/C(C#N)=C(\C)c1ccc(C)s1. The van der Waals surface area contributed by atoms with Gasteiger partial charge in [-0.15, -0.1) is 11.3 Å². The van der Waals surface area contributed by atoms with Gasteiger partial charge in [0.1, 0.15) is 11.6 Å². The summed E-state index contributed by atoms with van der Waals surface area (Å²) in [6, 6.07) is 5.78. The number of allylic oxidation sites excluding steroid dienone is 1. The molecule has 0 saturated carbocycles. The summed E-state index contributed by atoms with van der Waals surface area (Å²) in [6.45, 7) is 5.75. The molecule has 0 aromatic carbocycles. The van der Waals surface area contributed by atoms with Gasteiger partial charge in [0.05, 0.1) is 6.61 Å². The zero-order chi connectivity index (χ0) is 12.1. The molecule has 0 atom stereocenters. The van der Waals surface area contributed by atoms with E-state index in [1.54, 1.807) is 25.2 Å².